The third kappa shape index (κ3) is 2.80. The van der Waals surface area contributed by atoms with E-state index in [0.29, 0.717) is 0 Å². The van der Waals surface area contributed by atoms with E-state index in [4.69, 9.17) is 0 Å². The molecule has 2 unspecified atom stereocenters. The Hall–Kier alpha value is -0.350. The van der Waals surface area contributed by atoms with E-state index in [2.05, 4.69) is 4.99 Å². The lowest BCUT2D eigenvalue weighted by atomic mass is 9.70. The van der Waals surface area contributed by atoms with Gasteiger partial charge in [-0.25, -0.2) is 0 Å². The van der Waals surface area contributed by atoms with Crippen molar-refractivity contribution in [2.24, 2.45) is 16.8 Å². The molecule has 0 bridgehead atoms. The molecule has 18 heavy (non-hydrogen) atoms. The van der Waals surface area contributed by atoms with Crippen LogP contribution in [0.15, 0.2) is 4.99 Å². The zero-order valence-electron chi connectivity index (χ0n) is 11.3. The highest BCUT2D eigenvalue weighted by atomic mass is 32.2. The number of ketones is 1. The van der Waals surface area contributed by atoms with Gasteiger partial charge in [0.1, 0.15) is 5.78 Å². The highest BCUT2D eigenvalue weighted by molar-refractivity contribution is 8.14. The summed E-state index contributed by atoms with van der Waals surface area (Å²) in [5.74, 6) is 0.946. The number of hydrogen-bond donors (Lipinski definition) is 1. The average molecular weight is 269 g/mol. The van der Waals surface area contributed by atoms with Crippen LogP contribution in [0.2, 0.25) is 0 Å². The number of carbonyl (C=O) groups is 1. The minimum absolute atomic E-state index is 0.0807. The number of aliphatic imine (C=N–C) groups is 1. The lowest BCUT2D eigenvalue weighted by Crippen LogP contribution is -2.47. The molecule has 4 heteroatoms. The molecule has 2 atom stereocenters. The highest BCUT2D eigenvalue weighted by Gasteiger charge is 2.45. The van der Waals surface area contributed by atoms with Crippen LogP contribution in [0.4, 0.5) is 0 Å². The topological polar surface area (TPSA) is 49.7 Å². The van der Waals surface area contributed by atoms with Gasteiger partial charge in [-0.05, 0) is 19.8 Å². The molecular formula is C14H23NO2S. The van der Waals surface area contributed by atoms with Crippen molar-refractivity contribution in [3.63, 3.8) is 0 Å². The van der Waals surface area contributed by atoms with Crippen molar-refractivity contribution in [1.82, 2.24) is 0 Å². The smallest absolute Gasteiger partial charge is 0.133 e. The molecule has 2 aliphatic rings. The van der Waals surface area contributed by atoms with Crippen LogP contribution in [0.3, 0.4) is 0 Å². The first-order valence-electron chi connectivity index (χ1n) is 6.94. The second-order valence-corrected chi connectivity index (χ2v) is 6.72. The van der Waals surface area contributed by atoms with Crippen LogP contribution in [-0.4, -0.2) is 33.8 Å². The van der Waals surface area contributed by atoms with Gasteiger partial charge in [0.25, 0.3) is 0 Å². The number of thioether (sulfide) groups is 1. The van der Waals surface area contributed by atoms with Crippen molar-refractivity contribution in [1.29, 1.82) is 0 Å². The van der Waals surface area contributed by atoms with Gasteiger partial charge in [-0.3, -0.25) is 9.79 Å². The Labute approximate surface area is 113 Å². The van der Waals surface area contributed by atoms with Gasteiger partial charge >= 0.3 is 0 Å². The van der Waals surface area contributed by atoms with Crippen LogP contribution >= 0.6 is 11.8 Å². The zero-order valence-corrected chi connectivity index (χ0v) is 12.1. The Morgan fingerprint density at radius 1 is 1.39 bits per heavy atom. The molecule has 0 aromatic heterocycles. The van der Waals surface area contributed by atoms with Crippen LogP contribution in [0.25, 0.3) is 0 Å². The minimum Gasteiger partial charge on any atom is -0.389 e. The van der Waals surface area contributed by atoms with Crippen LogP contribution in [0, 0.1) is 11.8 Å². The largest absolute Gasteiger partial charge is 0.389 e. The first-order chi connectivity index (χ1) is 8.54. The average Bonchev–Trinajstić information content (AvgIpc) is 2.83. The van der Waals surface area contributed by atoms with E-state index in [0.717, 1.165) is 43.0 Å². The molecule has 0 saturated heterocycles. The summed E-state index contributed by atoms with van der Waals surface area (Å²) in [6.07, 6.45) is 4.96. The lowest BCUT2D eigenvalue weighted by molar-refractivity contribution is -0.125. The van der Waals surface area contributed by atoms with Gasteiger partial charge in [-0.1, -0.05) is 26.2 Å². The fourth-order valence-electron chi connectivity index (χ4n) is 3.16. The number of hydrogen-bond acceptors (Lipinski definition) is 4. The summed E-state index contributed by atoms with van der Waals surface area (Å²) in [5.41, 5.74) is -0.709. The first kappa shape index (κ1) is 14.1. The maximum atomic E-state index is 11.8. The number of rotatable bonds is 4. The summed E-state index contributed by atoms with van der Waals surface area (Å²) in [5, 5.41) is 12.0. The van der Waals surface area contributed by atoms with Crippen LogP contribution in [-0.2, 0) is 4.79 Å². The fraction of sp³-hybridized carbons (Fsp3) is 0.857. The van der Waals surface area contributed by atoms with Gasteiger partial charge in [-0.15, -0.1) is 11.8 Å². The van der Waals surface area contributed by atoms with Crippen molar-refractivity contribution in [3.05, 3.63) is 0 Å². The van der Waals surface area contributed by atoms with Crippen molar-refractivity contribution in [2.75, 3.05) is 12.3 Å². The molecule has 1 saturated carbocycles. The molecule has 102 valence electrons. The molecule has 0 aromatic carbocycles. The Morgan fingerprint density at radius 3 is 2.56 bits per heavy atom. The number of Topliss-reactive ketones (excluding diaryl/α,β-unsaturated/α-hetero) is 1. The molecule has 2 rings (SSSR count). The monoisotopic (exact) mass is 269 g/mol. The molecule has 1 N–H and O–H groups in total. The van der Waals surface area contributed by atoms with Gasteiger partial charge in [0.2, 0.25) is 0 Å². The third-order valence-corrected chi connectivity index (χ3v) is 5.38. The van der Waals surface area contributed by atoms with Crippen LogP contribution < -0.4 is 0 Å². The molecular weight excluding hydrogens is 246 g/mol. The van der Waals surface area contributed by atoms with E-state index in [9.17, 15) is 9.90 Å². The Bertz CT molecular complexity index is 348. The molecule has 0 spiro atoms. The maximum absolute atomic E-state index is 11.8. The molecule has 0 amide bonds. The SMILES string of the molecule is CC(=O)C(C)C(C1=NCCS1)C1(O)CCCCC1. The summed E-state index contributed by atoms with van der Waals surface area (Å²) >= 11 is 1.73. The first-order valence-corrected chi connectivity index (χ1v) is 7.93. The van der Waals surface area contributed by atoms with Crippen molar-refractivity contribution >= 4 is 22.6 Å². The zero-order chi connectivity index (χ0) is 13.2. The van der Waals surface area contributed by atoms with Crippen LogP contribution in [0.5, 0.6) is 0 Å². The molecule has 1 aliphatic heterocycles. The summed E-state index contributed by atoms with van der Waals surface area (Å²) in [4.78, 5) is 16.3. The summed E-state index contributed by atoms with van der Waals surface area (Å²) in [6, 6.07) is 0. The fourth-order valence-corrected chi connectivity index (χ4v) is 4.34. The number of nitrogens with zero attached hydrogens (tertiary/aromatic N) is 1. The van der Waals surface area contributed by atoms with E-state index in [1.54, 1.807) is 18.7 Å². The van der Waals surface area contributed by atoms with E-state index >= 15 is 0 Å². The van der Waals surface area contributed by atoms with E-state index in [1.807, 2.05) is 6.92 Å². The maximum Gasteiger partial charge on any atom is 0.133 e. The van der Waals surface area contributed by atoms with Crippen molar-refractivity contribution in [3.8, 4) is 0 Å². The highest BCUT2D eigenvalue weighted by Crippen LogP contribution is 2.42. The second-order valence-electron chi connectivity index (χ2n) is 5.61. The van der Waals surface area contributed by atoms with Gasteiger partial charge in [0.15, 0.2) is 0 Å². The van der Waals surface area contributed by atoms with E-state index in [-0.39, 0.29) is 17.6 Å². The second kappa shape index (κ2) is 5.74. The predicted octanol–water partition coefficient (Wildman–Crippen LogP) is 2.67. The summed E-state index contributed by atoms with van der Waals surface area (Å²) in [7, 11) is 0. The molecule has 1 aliphatic carbocycles. The Balaban J connectivity index is 2.25. The lowest BCUT2D eigenvalue weighted by Gasteiger charge is -2.41. The number of aliphatic hydroxyl groups is 1. The molecule has 3 nitrogen and oxygen atoms in total. The Kier molecular flexibility index (Phi) is 4.49. The van der Waals surface area contributed by atoms with E-state index < -0.39 is 5.60 Å². The third-order valence-electron chi connectivity index (χ3n) is 4.31. The quantitative estimate of drug-likeness (QED) is 0.853. The van der Waals surface area contributed by atoms with E-state index in [1.165, 1.54) is 6.42 Å². The number of carbonyl (C=O) groups excluding carboxylic acids is 1. The molecule has 1 fully saturated rings. The van der Waals surface area contributed by atoms with Crippen molar-refractivity contribution in [2.45, 2.75) is 51.6 Å². The van der Waals surface area contributed by atoms with Crippen LogP contribution in [0.1, 0.15) is 46.0 Å². The molecule has 1 heterocycles. The minimum atomic E-state index is -0.709. The summed E-state index contributed by atoms with van der Waals surface area (Å²) < 4.78 is 0. The van der Waals surface area contributed by atoms with Crippen molar-refractivity contribution < 1.29 is 9.90 Å². The normalized spacial score (nSPS) is 26.5. The van der Waals surface area contributed by atoms with Gasteiger partial charge in [0.05, 0.1) is 10.6 Å². The summed E-state index contributed by atoms with van der Waals surface area (Å²) in [6.45, 7) is 4.40. The predicted molar refractivity (Wildman–Crippen MR) is 76.1 cm³/mol. The Morgan fingerprint density at radius 2 is 2.06 bits per heavy atom. The molecule has 0 aromatic rings. The molecule has 0 radical (unpaired) electrons. The van der Waals surface area contributed by atoms with Gasteiger partial charge in [0, 0.05) is 24.1 Å². The van der Waals surface area contributed by atoms with Gasteiger partial charge in [-0.2, -0.15) is 0 Å². The van der Waals surface area contributed by atoms with Gasteiger partial charge < -0.3 is 5.11 Å². The standard InChI is InChI=1S/C14H23NO2S/c1-10(11(2)16)12(13-15-8-9-18-13)14(17)6-4-3-5-7-14/h10,12,17H,3-9H2,1-2H3.